The number of anilines is 1. The van der Waals surface area contributed by atoms with Crippen LogP contribution in [0.2, 0.25) is 0 Å². The zero-order valence-electron chi connectivity index (χ0n) is 14.0. The van der Waals surface area contributed by atoms with Gasteiger partial charge < -0.3 is 19.5 Å². The van der Waals surface area contributed by atoms with Crippen molar-refractivity contribution in [2.75, 3.05) is 26.6 Å². The van der Waals surface area contributed by atoms with Gasteiger partial charge in [0.1, 0.15) is 11.5 Å². The Morgan fingerprint density at radius 2 is 1.75 bits per heavy atom. The third kappa shape index (κ3) is 3.65. The van der Waals surface area contributed by atoms with Crippen LogP contribution >= 0.6 is 0 Å². The molecule has 0 spiro atoms. The zero-order chi connectivity index (χ0) is 17.7. The van der Waals surface area contributed by atoms with Crippen LogP contribution in [0.1, 0.15) is 27.8 Å². The van der Waals surface area contributed by atoms with E-state index < -0.39 is 11.9 Å². The first-order chi connectivity index (χ1) is 11.5. The molecule has 24 heavy (non-hydrogen) atoms. The second-order valence-corrected chi connectivity index (χ2v) is 4.79. The number of aryl methyl sites for hydroxylation is 1. The summed E-state index contributed by atoms with van der Waals surface area (Å²) in [5.74, 6) is -0.0809. The van der Waals surface area contributed by atoms with Crippen LogP contribution in [0.15, 0.2) is 24.4 Å². The first kappa shape index (κ1) is 17.3. The molecule has 0 saturated heterocycles. The summed E-state index contributed by atoms with van der Waals surface area (Å²) < 4.78 is 16.5. The lowest BCUT2D eigenvalue weighted by molar-refractivity contribution is 0.0594. The number of nitrogens with zero attached hydrogens (tertiary/aromatic N) is 2. The van der Waals surface area contributed by atoms with E-state index in [-0.39, 0.29) is 11.4 Å². The van der Waals surface area contributed by atoms with Crippen LogP contribution in [-0.4, -0.2) is 43.0 Å². The average Bonchev–Trinajstić information content (AvgIpc) is 3.03. The van der Waals surface area contributed by atoms with Crippen molar-refractivity contribution in [1.29, 1.82) is 0 Å². The van der Waals surface area contributed by atoms with Crippen molar-refractivity contribution in [3.05, 3.63) is 35.7 Å². The number of hydrogen-bond acceptors (Lipinski definition) is 6. The number of esters is 1. The number of aromatic nitrogens is 2. The van der Waals surface area contributed by atoms with Gasteiger partial charge in [-0.05, 0) is 19.1 Å². The lowest BCUT2D eigenvalue weighted by Crippen LogP contribution is -2.15. The topological polar surface area (TPSA) is 91.7 Å². The molecular weight excluding hydrogens is 314 g/mol. The molecule has 0 unspecified atom stereocenters. The van der Waals surface area contributed by atoms with Gasteiger partial charge >= 0.3 is 5.97 Å². The van der Waals surface area contributed by atoms with E-state index in [1.54, 1.807) is 24.4 Å². The molecule has 0 aliphatic carbocycles. The van der Waals surface area contributed by atoms with Gasteiger partial charge in [-0.3, -0.25) is 9.48 Å². The molecule has 1 heterocycles. The van der Waals surface area contributed by atoms with E-state index in [9.17, 15) is 9.59 Å². The summed E-state index contributed by atoms with van der Waals surface area (Å²) in [6.07, 6.45) is 1.57. The van der Waals surface area contributed by atoms with Gasteiger partial charge in [-0.15, -0.1) is 0 Å². The third-order valence-electron chi connectivity index (χ3n) is 3.33. The first-order valence-electron chi connectivity index (χ1n) is 7.22. The van der Waals surface area contributed by atoms with Gasteiger partial charge in [0.25, 0.3) is 5.91 Å². The third-order valence-corrected chi connectivity index (χ3v) is 3.33. The fourth-order valence-electron chi connectivity index (χ4n) is 2.06. The van der Waals surface area contributed by atoms with Crippen LogP contribution in [0.3, 0.4) is 0 Å². The van der Waals surface area contributed by atoms with Gasteiger partial charge in [-0.1, -0.05) is 0 Å². The fourth-order valence-corrected chi connectivity index (χ4v) is 2.06. The van der Waals surface area contributed by atoms with Crippen LogP contribution in [0, 0.1) is 0 Å². The molecule has 0 saturated carbocycles. The van der Waals surface area contributed by atoms with E-state index in [2.05, 4.69) is 15.2 Å². The number of amides is 1. The van der Waals surface area contributed by atoms with Gasteiger partial charge in [0.15, 0.2) is 5.69 Å². The molecule has 0 aliphatic rings. The number of rotatable bonds is 6. The summed E-state index contributed by atoms with van der Waals surface area (Å²) in [6.45, 7) is 2.42. The molecule has 1 amide bonds. The zero-order valence-corrected chi connectivity index (χ0v) is 14.0. The highest BCUT2D eigenvalue weighted by molar-refractivity contribution is 6.07. The van der Waals surface area contributed by atoms with Crippen molar-refractivity contribution >= 4 is 17.6 Å². The Morgan fingerprint density at radius 3 is 2.25 bits per heavy atom. The Balaban J connectivity index is 2.33. The van der Waals surface area contributed by atoms with E-state index in [4.69, 9.17) is 9.47 Å². The summed E-state index contributed by atoms with van der Waals surface area (Å²) >= 11 is 0. The van der Waals surface area contributed by atoms with E-state index in [0.717, 1.165) is 0 Å². The smallest absolute Gasteiger partial charge is 0.360 e. The molecule has 8 heteroatoms. The molecular formula is C16H19N3O5. The predicted octanol–water partition coefficient (Wildman–Crippen LogP) is 1.96. The van der Waals surface area contributed by atoms with Crippen LogP contribution in [0.4, 0.5) is 5.69 Å². The molecule has 1 N–H and O–H groups in total. The number of nitrogens with one attached hydrogen (secondary N) is 1. The number of hydrogen-bond donors (Lipinski definition) is 1. The Morgan fingerprint density at radius 1 is 1.12 bits per heavy atom. The molecule has 0 bridgehead atoms. The maximum atomic E-state index is 12.5. The molecule has 1 aromatic heterocycles. The summed E-state index contributed by atoms with van der Waals surface area (Å²) in [5.41, 5.74) is 0.643. The monoisotopic (exact) mass is 333 g/mol. The van der Waals surface area contributed by atoms with E-state index in [1.807, 2.05) is 6.92 Å². The second-order valence-electron chi connectivity index (χ2n) is 4.79. The molecule has 0 atom stereocenters. The Labute approximate surface area is 139 Å². The molecule has 128 valence electrons. The van der Waals surface area contributed by atoms with Crippen molar-refractivity contribution in [2.24, 2.45) is 0 Å². The Kier molecular flexibility index (Phi) is 5.41. The maximum absolute atomic E-state index is 12.5. The molecule has 0 aliphatic heterocycles. The SMILES string of the molecule is CCn1cc(NC(=O)c2cc(OC)cc(OC)c2)c(C(=O)OC)n1. The lowest BCUT2D eigenvalue weighted by atomic mass is 10.2. The minimum atomic E-state index is -0.624. The number of carbonyl (C=O) groups excluding carboxylic acids is 2. The van der Waals surface area contributed by atoms with Crippen molar-refractivity contribution in [3.63, 3.8) is 0 Å². The van der Waals surface area contributed by atoms with Crippen LogP contribution in [0.5, 0.6) is 11.5 Å². The number of benzene rings is 1. The van der Waals surface area contributed by atoms with E-state index >= 15 is 0 Å². The first-order valence-corrected chi connectivity index (χ1v) is 7.22. The molecule has 8 nitrogen and oxygen atoms in total. The van der Waals surface area contributed by atoms with Gasteiger partial charge in [0.2, 0.25) is 0 Å². The quantitative estimate of drug-likeness (QED) is 0.813. The van der Waals surface area contributed by atoms with Gasteiger partial charge in [0, 0.05) is 24.4 Å². The Bertz CT molecular complexity index is 732. The van der Waals surface area contributed by atoms with Gasteiger partial charge in [-0.2, -0.15) is 5.10 Å². The van der Waals surface area contributed by atoms with Crippen molar-refractivity contribution < 1.29 is 23.8 Å². The predicted molar refractivity (Wildman–Crippen MR) is 86.7 cm³/mol. The summed E-state index contributed by atoms with van der Waals surface area (Å²) in [5, 5.41) is 6.76. The number of ether oxygens (including phenoxy) is 3. The van der Waals surface area contributed by atoms with Gasteiger partial charge in [-0.25, -0.2) is 4.79 Å². The minimum absolute atomic E-state index is 0.0440. The fraction of sp³-hybridized carbons (Fsp3) is 0.312. The minimum Gasteiger partial charge on any atom is -0.497 e. The second kappa shape index (κ2) is 7.49. The number of methoxy groups -OCH3 is 3. The van der Waals surface area contributed by atoms with E-state index in [1.165, 1.54) is 26.0 Å². The van der Waals surface area contributed by atoms with Crippen molar-refractivity contribution in [2.45, 2.75) is 13.5 Å². The summed E-state index contributed by atoms with van der Waals surface area (Å²) in [7, 11) is 4.25. The van der Waals surface area contributed by atoms with Crippen molar-refractivity contribution in [1.82, 2.24) is 9.78 Å². The van der Waals surface area contributed by atoms with E-state index in [0.29, 0.717) is 23.6 Å². The van der Waals surface area contributed by atoms with Crippen molar-refractivity contribution in [3.8, 4) is 11.5 Å². The molecule has 2 rings (SSSR count). The largest absolute Gasteiger partial charge is 0.497 e. The molecule has 1 aromatic carbocycles. The maximum Gasteiger partial charge on any atom is 0.360 e. The average molecular weight is 333 g/mol. The highest BCUT2D eigenvalue weighted by atomic mass is 16.5. The summed E-state index contributed by atoms with van der Waals surface area (Å²) in [4.78, 5) is 24.3. The summed E-state index contributed by atoms with van der Waals surface area (Å²) in [6, 6.07) is 4.80. The highest BCUT2D eigenvalue weighted by Gasteiger charge is 2.20. The van der Waals surface area contributed by atoms with Crippen LogP contribution < -0.4 is 14.8 Å². The van der Waals surface area contributed by atoms with Crippen LogP contribution in [-0.2, 0) is 11.3 Å². The lowest BCUT2D eigenvalue weighted by Gasteiger charge is -2.09. The van der Waals surface area contributed by atoms with Crippen LogP contribution in [0.25, 0.3) is 0 Å². The Hall–Kier alpha value is -3.03. The molecule has 2 aromatic rings. The molecule has 0 radical (unpaired) electrons. The standard InChI is InChI=1S/C16H19N3O5/c1-5-19-9-13(14(18-19)16(21)24-4)17-15(20)10-6-11(22-2)8-12(7-10)23-3/h6-9H,5H2,1-4H3,(H,17,20). The van der Waals surface area contributed by atoms with Gasteiger partial charge in [0.05, 0.1) is 27.0 Å². The molecule has 0 fully saturated rings. The highest BCUT2D eigenvalue weighted by Crippen LogP contribution is 2.24. The normalized spacial score (nSPS) is 10.2. The number of carbonyl (C=O) groups is 2.